The summed E-state index contributed by atoms with van der Waals surface area (Å²) in [5.41, 5.74) is 0.845. The molecule has 0 amide bonds. The van der Waals surface area contributed by atoms with Crippen molar-refractivity contribution in [2.45, 2.75) is 51.2 Å². The smallest absolute Gasteiger partial charge is 0.306 e. The second-order valence-electron chi connectivity index (χ2n) is 5.98. The summed E-state index contributed by atoms with van der Waals surface area (Å²) in [6.45, 7) is 1.11. The highest BCUT2D eigenvalue weighted by Gasteiger charge is 2.18. The standard InChI is InChI=1S/C18H26FN3O2.HI/c1-20-18(22-13-14-6-4-7-15(19)12-14)21-11-5-10-17(23)24-16-8-2-3-9-16;/h4,6-7,12,16H,2-3,5,8-11,13H2,1H3,(H2,20,21,22);1H. The zero-order valence-corrected chi connectivity index (χ0v) is 16.9. The number of guanidine groups is 1. The zero-order valence-electron chi connectivity index (χ0n) is 14.6. The molecule has 0 aromatic heterocycles. The Morgan fingerprint density at radius 1 is 1.32 bits per heavy atom. The van der Waals surface area contributed by atoms with E-state index >= 15 is 0 Å². The Hall–Kier alpha value is -1.38. The molecular formula is C18H27FIN3O2. The molecule has 0 heterocycles. The maximum atomic E-state index is 13.1. The van der Waals surface area contributed by atoms with Gasteiger partial charge in [-0.2, -0.15) is 0 Å². The van der Waals surface area contributed by atoms with Crippen molar-refractivity contribution in [2.75, 3.05) is 13.6 Å². The Labute approximate surface area is 165 Å². The van der Waals surface area contributed by atoms with Gasteiger partial charge in [-0.3, -0.25) is 9.79 Å². The predicted molar refractivity (Wildman–Crippen MR) is 108 cm³/mol. The Balaban J connectivity index is 0.00000312. The first-order valence-corrected chi connectivity index (χ1v) is 8.56. The first kappa shape index (κ1) is 21.7. The third-order valence-corrected chi connectivity index (χ3v) is 4.02. The summed E-state index contributed by atoms with van der Waals surface area (Å²) < 4.78 is 18.5. The summed E-state index contributed by atoms with van der Waals surface area (Å²) in [5.74, 6) is 0.257. The van der Waals surface area contributed by atoms with Crippen LogP contribution in [0.5, 0.6) is 0 Å². The van der Waals surface area contributed by atoms with Gasteiger partial charge in [-0.15, -0.1) is 24.0 Å². The van der Waals surface area contributed by atoms with Gasteiger partial charge in [0, 0.05) is 26.6 Å². The van der Waals surface area contributed by atoms with E-state index < -0.39 is 0 Å². The van der Waals surface area contributed by atoms with Gasteiger partial charge in [0.25, 0.3) is 0 Å². The molecule has 0 saturated heterocycles. The number of benzene rings is 1. The quantitative estimate of drug-likeness (QED) is 0.214. The number of rotatable bonds is 7. The highest BCUT2D eigenvalue weighted by Crippen LogP contribution is 2.21. The van der Waals surface area contributed by atoms with Crippen LogP contribution in [-0.2, 0) is 16.1 Å². The van der Waals surface area contributed by atoms with E-state index in [1.807, 2.05) is 6.07 Å². The van der Waals surface area contributed by atoms with Crippen molar-refractivity contribution in [3.8, 4) is 0 Å². The minimum atomic E-state index is -0.252. The topological polar surface area (TPSA) is 62.7 Å². The summed E-state index contributed by atoms with van der Waals surface area (Å²) in [6.07, 6.45) is 5.54. The molecule has 7 heteroatoms. The summed E-state index contributed by atoms with van der Waals surface area (Å²) in [6, 6.07) is 6.43. The lowest BCUT2D eigenvalue weighted by Crippen LogP contribution is -2.37. The molecule has 25 heavy (non-hydrogen) atoms. The molecule has 1 saturated carbocycles. The van der Waals surface area contributed by atoms with E-state index in [1.54, 1.807) is 13.1 Å². The van der Waals surface area contributed by atoms with E-state index in [0.717, 1.165) is 31.2 Å². The van der Waals surface area contributed by atoms with Crippen LogP contribution in [-0.4, -0.2) is 31.6 Å². The molecule has 0 unspecified atom stereocenters. The van der Waals surface area contributed by atoms with Crippen LogP contribution >= 0.6 is 24.0 Å². The first-order chi connectivity index (χ1) is 11.7. The fourth-order valence-electron chi connectivity index (χ4n) is 2.74. The molecular weight excluding hydrogens is 436 g/mol. The van der Waals surface area contributed by atoms with Crippen LogP contribution in [0.2, 0.25) is 0 Å². The largest absolute Gasteiger partial charge is 0.462 e. The summed E-state index contributed by atoms with van der Waals surface area (Å²) in [4.78, 5) is 15.8. The van der Waals surface area contributed by atoms with Gasteiger partial charge >= 0.3 is 5.97 Å². The fraction of sp³-hybridized carbons (Fsp3) is 0.556. The Bertz CT molecular complexity index is 563. The highest BCUT2D eigenvalue weighted by molar-refractivity contribution is 14.0. The molecule has 2 N–H and O–H groups in total. The van der Waals surface area contributed by atoms with Gasteiger partial charge < -0.3 is 15.4 Å². The van der Waals surface area contributed by atoms with Crippen LogP contribution in [0.4, 0.5) is 4.39 Å². The van der Waals surface area contributed by atoms with Gasteiger partial charge in [0.1, 0.15) is 11.9 Å². The number of aliphatic imine (C=N–C) groups is 1. The molecule has 0 aliphatic heterocycles. The number of hydrogen-bond acceptors (Lipinski definition) is 3. The van der Waals surface area contributed by atoms with Crippen molar-refractivity contribution in [1.82, 2.24) is 10.6 Å². The molecule has 0 bridgehead atoms. The lowest BCUT2D eigenvalue weighted by molar-refractivity contribution is -0.148. The average molecular weight is 463 g/mol. The van der Waals surface area contributed by atoms with Crippen LogP contribution in [0.15, 0.2) is 29.3 Å². The van der Waals surface area contributed by atoms with E-state index in [2.05, 4.69) is 15.6 Å². The maximum absolute atomic E-state index is 13.1. The number of nitrogens with one attached hydrogen (secondary N) is 2. The maximum Gasteiger partial charge on any atom is 0.306 e. The van der Waals surface area contributed by atoms with E-state index in [-0.39, 0.29) is 41.9 Å². The van der Waals surface area contributed by atoms with Crippen LogP contribution in [0.25, 0.3) is 0 Å². The minimum Gasteiger partial charge on any atom is -0.462 e. The van der Waals surface area contributed by atoms with Crippen molar-refractivity contribution >= 4 is 35.9 Å². The van der Waals surface area contributed by atoms with Gasteiger partial charge in [-0.05, 0) is 49.8 Å². The van der Waals surface area contributed by atoms with Crippen molar-refractivity contribution in [3.63, 3.8) is 0 Å². The molecule has 1 aromatic rings. The Morgan fingerprint density at radius 3 is 2.76 bits per heavy atom. The molecule has 1 aliphatic rings. The molecule has 0 spiro atoms. The van der Waals surface area contributed by atoms with Crippen molar-refractivity contribution in [3.05, 3.63) is 35.6 Å². The number of halogens is 2. The molecule has 0 atom stereocenters. The SMILES string of the molecule is CN=C(NCCCC(=O)OC1CCCC1)NCc1cccc(F)c1.I. The van der Waals surface area contributed by atoms with Crippen LogP contribution in [0, 0.1) is 5.82 Å². The highest BCUT2D eigenvalue weighted by atomic mass is 127. The lowest BCUT2D eigenvalue weighted by atomic mass is 10.2. The van der Waals surface area contributed by atoms with Crippen LogP contribution in [0.1, 0.15) is 44.1 Å². The molecule has 5 nitrogen and oxygen atoms in total. The molecule has 1 fully saturated rings. The normalized spacial score (nSPS) is 14.7. The minimum absolute atomic E-state index is 0. The fourth-order valence-corrected chi connectivity index (χ4v) is 2.74. The van der Waals surface area contributed by atoms with E-state index in [1.165, 1.54) is 12.1 Å². The van der Waals surface area contributed by atoms with Gasteiger partial charge in [-0.25, -0.2) is 4.39 Å². The van der Waals surface area contributed by atoms with Crippen molar-refractivity contribution < 1.29 is 13.9 Å². The van der Waals surface area contributed by atoms with Gasteiger partial charge in [-0.1, -0.05) is 12.1 Å². The second kappa shape index (κ2) is 12.1. The number of esters is 1. The average Bonchev–Trinajstić information content (AvgIpc) is 3.07. The molecule has 0 radical (unpaired) electrons. The molecule has 1 aromatic carbocycles. The van der Waals surface area contributed by atoms with Gasteiger partial charge in [0.15, 0.2) is 5.96 Å². The third-order valence-electron chi connectivity index (χ3n) is 4.02. The van der Waals surface area contributed by atoms with Crippen LogP contribution in [0.3, 0.4) is 0 Å². The summed E-state index contributed by atoms with van der Waals surface area (Å²) >= 11 is 0. The number of carbonyl (C=O) groups is 1. The van der Waals surface area contributed by atoms with E-state index in [0.29, 0.717) is 31.9 Å². The lowest BCUT2D eigenvalue weighted by Gasteiger charge is -2.13. The summed E-state index contributed by atoms with van der Waals surface area (Å²) in [5, 5.41) is 6.26. The Morgan fingerprint density at radius 2 is 2.08 bits per heavy atom. The third kappa shape index (κ3) is 8.51. The summed E-state index contributed by atoms with van der Waals surface area (Å²) in [7, 11) is 1.68. The molecule has 2 rings (SSSR count). The van der Waals surface area contributed by atoms with Crippen molar-refractivity contribution in [1.29, 1.82) is 0 Å². The van der Waals surface area contributed by atoms with Gasteiger partial charge in [0.05, 0.1) is 0 Å². The monoisotopic (exact) mass is 463 g/mol. The number of nitrogens with zero attached hydrogens (tertiary/aromatic N) is 1. The Kier molecular flexibility index (Phi) is 10.4. The predicted octanol–water partition coefficient (Wildman–Crippen LogP) is 3.37. The molecule has 1 aliphatic carbocycles. The first-order valence-electron chi connectivity index (χ1n) is 8.56. The van der Waals surface area contributed by atoms with Crippen molar-refractivity contribution in [2.24, 2.45) is 4.99 Å². The number of ether oxygens (including phenoxy) is 1. The van der Waals surface area contributed by atoms with E-state index in [9.17, 15) is 9.18 Å². The number of carbonyl (C=O) groups excluding carboxylic acids is 1. The second-order valence-corrected chi connectivity index (χ2v) is 5.98. The van der Waals surface area contributed by atoms with Gasteiger partial charge in [0.2, 0.25) is 0 Å². The number of hydrogen-bond donors (Lipinski definition) is 2. The zero-order chi connectivity index (χ0) is 17.2. The van der Waals surface area contributed by atoms with E-state index in [4.69, 9.17) is 4.74 Å². The molecule has 140 valence electrons. The van der Waals surface area contributed by atoms with Crippen LogP contribution < -0.4 is 10.6 Å².